The molecular weight excluding hydrogens is 332 g/mol. The number of fused-ring (bicyclic) bond motifs is 1. The van der Waals surface area contributed by atoms with Crippen molar-refractivity contribution in [1.29, 1.82) is 0 Å². The molecule has 1 aliphatic heterocycles. The van der Waals surface area contributed by atoms with Crippen LogP contribution in [0.15, 0.2) is 35.7 Å². The number of likely N-dealkylation sites (N-methyl/N-ethyl adjacent to an activating group) is 1. The van der Waals surface area contributed by atoms with Crippen LogP contribution in [-0.2, 0) is 0 Å². The molecule has 0 aliphatic carbocycles. The molecule has 1 atom stereocenters. The molecule has 0 saturated carbocycles. The molecule has 2 aromatic heterocycles. The smallest absolute Gasteiger partial charge is 0.253 e. The summed E-state index contributed by atoms with van der Waals surface area (Å²) < 4.78 is 0. The number of imidazole rings is 1. The van der Waals surface area contributed by atoms with Crippen molar-refractivity contribution >= 4 is 28.3 Å². The van der Waals surface area contributed by atoms with E-state index in [0.717, 1.165) is 34.7 Å². The van der Waals surface area contributed by atoms with Gasteiger partial charge in [0.1, 0.15) is 11.3 Å². The maximum absolute atomic E-state index is 12.8. The van der Waals surface area contributed by atoms with Crippen molar-refractivity contribution in [3.05, 3.63) is 41.3 Å². The van der Waals surface area contributed by atoms with E-state index in [2.05, 4.69) is 41.1 Å². The monoisotopic (exact) mass is 354 g/mol. The third kappa shape index (κ3) is 2.96. The number of H-pyrrole nitrogens is 1. The van der Waals surface area contributed by atoms with Crippen LogP contribution in [0, 0.1) is 0 Å². The second-order valence-corrected chi connectivity index (χ2v) is 8.28. The second-order valence-electron chi connectivity index (χ2n) is 7.33. The summed E-state index contributed by atoms with van der Waals surface area (Å²) in [7, 11) is 2.11. The number of thiophene rings is 1. The highest BCUT2D eigenvalue weighted by Crippen LogP contribution is 2.28. The Morgan fingerprint density at radius 2 is 2.20 bits per heavy atom. The molecule has 130 valence electrons. The summed E-state index contributed by atoms with van der Waals surface area (Å²) in [6.07, 6.45) is 0.951. The highest BCUT2D eigenvalue weighted by atomic mass is 32.1. The highest BCUT2D eigenvalue weighted by molar-refractivity contribution is 7.13. The van der Waals surface area contributed by atoms with Gasteiger partial charge in [0.25, 0.3) is 5.91 Å². The third-order valence-corrected chi connectivity index (χ3v) is 6.00. The molecule has 0 radical (unpaired) electrons. The molecule has 1 fully saturated rings. The molecule has 0 spiro atoms. The number of benzene rings is 1. The van der Waals surface area contributed by atoms with Gasteiger partial charge in [0, 0.05) is 18.1 Å². The Morgan fingerprint density at radius 1 is 1.36 bits per heavy atom. The van der Waals surface area contributed by atoms with E-state index in [9.17, 15) is 4.79 Å². The van der Waals surface area contributed by atoms with Crippen LogP contribution in [0.5, 0.6) is 0 Å². The fraction of sp³-hybridized carbons (Fsp3) is 0.368. The maximum Gasteiger partial charge on any atom is 0.253 e. The van der Waals surface area contributed by atoms with Crippen molar-refractivity contribution in [3.63, 3.8) is 0 Å². The molecule has 6 heteroatoms. The normalized spacial score (nSPS) is 20.2. The zero-order valence-electron chi connectivity index (χ0n) is 14.7. The first-order chi connectivity index (χ1) is 11.9. The van der Waals surface area contributed by atoms with Gasteiger partial charge in [0.2, 0.25) is 0 Å². The quantitative estimate of drug-likeness (QED) is 0.757. The molecule has 2 N–H and O–H groups in total. The molecule has 3 heterocycles. The number of likely N-dealkylation sites (tertiary alicyclic amines) is 1. The third-order valence-electron chi connectivity index (χ3n) is 5.12. The lowest BCUT2D eigenvalue weighted by Crippen LogP contribution is -2.36. The van der Waals surface area contributed by atoms with E-state index in [1.54, 1.807) is 11.3 Å². The SMILES string of the molecule is CN1CC(NC(=O)c2cccc3[nH]c(-c4cccs4)nc23)CC1(C)C. The molecule has 25 heavy (non-hydrogen) atoms. The van der Waals surface area contributed by atoms with Crippen LogP contribution in [0.2, 0.25) is 0 Å². The highest BCUT2D eigenvalue weighted by Gasteiger charge is 2.36. The predicted octanol–water partition coefficient (Wildman–Crippen LogP) is 3.50. The average Bonchev–Trinajstić information content (AvgIpc) is 3.26. The minimum Gasteiger partial charge on any atom is -0.348 e. The summed E-state index contributed by atoms with van der Waals surface area (Å²) in [5, 5.41) is 5.21. The zero-order valence-corrected chi connectivity index (χ0v) is 15.5. The standard InChI is InChI=1S/C19H22N4OS/c1-19(2)10-12(11-23(19)3)20-18(24)13-6-4-7-14-16(13)22-17(21-14)15-8-5-9-25-15/h4-9,12H,10-11H2,1-3H3,(H,20,24)(H,21,22). The van der Waals surface area contributed by atoms with Gasteiger partial charge < -0.3 is 10.3 Å². The van der Waals surface area contributed by atoms with Gasteiger partial charge in [0.05, 0.1) is 16.0 Å². The number of aromatic nitrogens is 2. The Bertz CT molecular complexity index is 913. The molecular formula is C19H22N4OS. The number of aromatic amines is 1. The van der Waals surface area contributed by atoms with Crippen molar-refractivity contribution < 1.29 is 4.79 Å². The van der Waals surface area contributed by atoms with Crippen LogP contribution in [0.4, 0.5) is 0 Å². The van der Waals surface area contributed by atoms with Gasteiger partial charge in [-0.1, -0.05) is 12.1 Å². The minimum absolute atomic E-state index is 0.0501. The van der Waals surface area contributed by atoms with Crippen LogP contribution in [0.25, 0.3) is 21.7 Å². The molecule has 1 aliphatic rings. The molecule has 0 bridgehead atoms. The Hall–Kier alpha value is -2.18. The number of rotatable bonds is 3. The van der Waals surface area contributed by atoms with Crippen molar-refractivity contribution in [2.75, 3.05) is 13.6 Å². The second kappa shape index (κ2) is 5.97. The van der Waals surface area contributed by atoms with Gasteiger partial charge in [-0.15, -0.1) is 11.3 Å². The van der Waals surface area contributed by atoms with Gasteiger partial charge in [-0.05, 0) is 50.9 Å². The number of nitrogens with zero attached hydrogens (tertiary/aromatic N) is 2. The van der Waals surface area contributed by atoms with Gasteiger partial charge in [-0.3, -0.25) is 9.69 Å². The van der Waals surface area contributed by atoms with Crippen LogP contribution in [-0.4, -0.2) is 45.9 Å². The lowest BCUT2D eigenvalue weighted by atomic mass is 10.0. The molecule has 1 aromatic carbocycles. The molecule has 1 unspecified atom stereocenters. The zero-order chi connectivity index (χ0) is 17.6. The summed E-state index contributed by atoms with van der Waals surface area (Å²) in [6.45, 7) is 5.29. The molecule has 4 rings (SSSR count). The Labute approximate surface area is 151 Å². The molecule has 5 nitrogen and oxygen atoms in total. The number of amides is 1. The Kier molecular flexibility index (Phi) is 3.89. The first-order valence-electron chi connectivity index (χ1n) is 8.49. The summed E-state index contributed by atoms with van der Waals surface area (Å²) in [6, 6.07) is 9.90. The number of hydrogen-bond donors (Lipinski definition) is 2. The number of hydrogen-bond acceptors (Lipinski definition) is 4. The predicted molar refractivity (Wildman–Crippen MR) is 102 cm³/mol. The topological polar surface area (TPSA) is 61.0 Å². The summed E-state index contributed by atoms with van der Waals surface area (Å²) >= 11 is 1.63. The van der Waals surface area contributed by atoms with Crippen molar-refractivity contribution in [2.24, 2.45) is 0 Å². The van der Waals surface area contributed by atoms with E-state index in [1.165, 1.54) is 0 Å². The average molecular weight is 354 g/mol. The van der Waals surface area contributed by atoms with E-state index in [1.807, 2.05) is 35.7 Å². The number of carbonyl (C=O) groups is 1. The van der Waals surface area contributed by atoms with Gasteiger partial charge >= 0.3 is 0 Å². The lowest BCUT2D eigenvalue weighted by molar-refractivity contribution is 0.0940. The van der Waals surface area contributed by atoms with Crippen LogP contribution in [0.3, 0.4) is 0 Å². The van der Waals surface area contributed by atoms with Crippen molar-refractivity contribution in [2.45, 2.75) is 31.8 Å². The largest absolute Gasteiger partial charge is 0.348 e. The number of nitrogens with one attached hydrogen (secondary N) is 2. The van der Waals surface area contributed by atoms with E-state index < -0.39 is 0 Å². The van der Waals surface area contributed by atoms with E-state index in [4.69, 9.17) is 0 Å². The summed E-state index contributed by atoms with van der Waals surface area (Å²) in [5.41, 5.74) is 2.36. The molecule has 1 amide bonds. The maximum atomic E-state index is 12.8. The van der Waals surface area contributed by atoms with Crippen LogP contribution >= 0.6 is 11.3 Å². The van der Waals surface area contributed by atoms with E-state index in [0.29, 0.717) is 5.56 Å². The van der Waals surface area contributed by atoms with E-state index >= 15 is 0 Å². The fourth-order valence-electron chi connectivity index (χ4n) is 3.51. The van der Waals surface area contributed by atoms with Gasteiger partial charge in [-0.25, -0.2) is 4.98 Å². The summed E-state index contributed by atoms with van der Waals surface area (Å²) in [5.74, 6) is 0.762. The first-order valence-corrected chi connectivity index (χ1v) is 9.37. The van der Waals surface area contributed by atoms with Crippen LogP contribution < -0.4 is 5.32 Å². The Balaban J connectivity index is 1.62. The fourth-order valence-corrected chi connectivity index (χ4v) is 4.18. The first kappa shape index (κ1) is 16.3. The van der Waals surface area contributed by atoms with Crippen molar-refractivity contribution in [3.8, 4) is 10.7 Å². The minimum atomic E-state index is -0.0501. The summed E-state index contributed by atoms with van der Waals surface area (Å²) in [4.78, 5) is 24.2. The molecule has 1 saturated heterocycles. The number of carbonyl (C=O) groups excluding carboxylic acids is 1. The number of para-hydroxylation sites is 1. The van der Waals surface area contributed by atoms with Gasteiger partial charge in [0.15, 0.2) is 0 Å². The van der Waals surface area contributed by atoms with Crippen LogP contribution in [0.1, 0.15) is 30.6 Å². The Morgan fingerprint density at radius 3 is 2.88 bits per heavy atom. The van der Waals surface area contributed by atoms with E-state index in [-0.39, 0.29) is 17.5 Å². The van der Waals surface area contributed by atoms with Crippen molar-refractivity contribution in [1.82, 2.24) is 20.2 Å². The van der Waals surface area contributed by atoms with Gasteiger partial charge in [-0.2, -0.15) is 0 Å². The lowest BCUT2D eigenvalue weighted by Gasteiger charge is -2.26. The molecule has 3 aromatic rings.